The first kappa shape index (κ1) is 17.0. The fourth-order valence-electron chi connectivity index (χ4n) is 3.10. The minimum atomic E-state index is 0.0427. The maximum atomic E-state index is 12.3. The normalized spacial score (nSPS) is 17.0. The smallest absolute Gasteiger partial charge is 0.317 e. The van der Waals surface area contributed by atoms with Gasteiger partial charge in [-0.3, -0.25) is 4.68 Å². The van der Waals surface area contributed by atoms with Crippen LogP contribution in [-0.4, -0.2) is 45.3 Å². The summed E-state index contributed by atoms with van der Waals surface area (Å²) in [5.74, 6) is 0.773. The molecule has 0 spiro atoms. The molecule has 1 unspecified atom stereocenters. The third-order valence-corrected chi connectivity index (χ3v) is 5.67. The Hall–Kier alpha value is -1.89. The average molecular weight is 347 g/mol. The van der Waals surface area contributed by atoms with Crippen LogP contribution < -0.4 is 5.32 Å². The quantitative estimate of drug-likeness (QED) is 0.904. The number of nitrogens with zero attached hydrogens (tertiary/aromatic N) is 4. The molecule has 0 aliphatic carbocycles. The summed E-state index contributed by atoms with van der Waals surface area (Å²) in [4.78, 5) is 18.6. The van der Waals surface area contributed by atoms with Gasteiger partial charge in [-0.25, -0.2) is 9.78 Å². The minimum Gasteiger partial charge on any atom is -0.337 e. The van der Waals surface area contributed by atoms with E-state index in [9.17, 15) is 4.79 Å². The zero-order chi connectivity index (χ0) is 16.9. The predicted molar refractivity (Wildman–Crippen MR) is 95.4 cm³/mol. The maximum Gasteiger partial charge on any atom is 0.317 e. The maximum absolute atomic E-state index is 12.3. The molecule has 130 valence electrons. The number of aryl methyl sites for hydroxylation is 1. The van der Waals surface area contributed by atoms with E-state index >= 15 is 0 Å². The number of hydrogen-bond donors (Lipinski definition) is 1. The minimum absolute atomic E-state index is 0.0427. The summed E-state index contributed by atoms with van der Waals surface area (Å²) < 4.78 is 1.97. The highest BCUT2D eigenvalue weighted by molar-refractivity contribution is 7.09. The predicted octanol–water partition coefficient (Wildman–Crippen LogP) is 3.05. The Morgan fingerprint density at radius 2 is 2.25 bits per heavy atom. The van der Waals surface area contributed by atoms with Gasteiger partial charge in [0.15, 0.2) is 0 Å². The lowest BCUT2D eigenvalue weighted by Gasteiger charge is -2.31. The molecule has 0 radical (unpaired) electrons. The van der Waals surface area contributed by atoms with Crippen molar-refractivity contribution in [2.45, 2.75) is 45.1 Å². The lowest BCUT2D eigenvalue weighted by Crippen LogP contribution is -2.45. The number of carbonyl (C=O) groups excluding carboxylic acids is 1. The van der Waals surface area contributed by atoms with Gasteiger partial charge in [-0.15, -0.1) is 11.3 Å². The Morgan fingerprint density at radius 1 is 1.46 bits per heavy atom. The fourth-order valence-corrected chi connectivity index (χ4v) is 3.80. The average Bonchev–Trinajstić information content (AvgIpc) is 3.30. The van der Waals surface area contributed by atoms with Crippen LogP contribution in [0, 0.1) is 0 Å². The van der Waals surface area contributed by atoms with Crippen molar-refractivity contribution in [3.8, 4) is 0 Å². The molecule has 2 aromatic heterocycles. The van der Waals surface area contributed by atoms with Gasteiger partial charge in [0.25, 0.3) is 0 Å². The number of hydrogen-bond acceptors (Lipinski definition) is 4. The van der Waals surface area contributed by atoms with Gasteiger partial charge in [-0.2, -0.15) is 5.10 Å². The number of thiazole rings is 1. The number of aromatic nitrogens is 3. The van der Waals surface area contributed by atoms with Crippen molar-refractivity contribution in [1.29, 1.82) is 0 Å². The first-order valence-electron chi connectivity index (χ1n) is 8.62. The molecular formula is C17H25N5OS. The second-order valence-corrected chi connectivity index (χ2v) is 7.27. The molecule has 24 heavy (non-hydrogen) atoms. The van der Waals surface area contributed by atoms with E-state index in [2.05, 4.69) is 35.4 Å². The zero-order valence-corrected chi connectivity index (χ0v) is 15.1. The zero-order valence-electron chi connectivity index (χ0n) is 14.3. The van der Waals surface area contributed by atoms with Crippen molar-refractivity contribution >= 4 is 17.4 Å². The number of likely N-dealkylation sites (tertiary alicyclic amines) is 1. The van der Waals surface area contributed by atoms with Crippen LogP contribution in [0.4, 0.5) is 4.79 Å². The molecule has 3 rings (SSSR count). The molecule has 1 saturated heterocycles. The van der Waals surface area contributed by atoms with Crippen molar-refractivity contribution in [1.82, 2.24) is 25.0 Å². The van der Waals surface area contributed by atoms with Crippen LogP contribution in [0.25, 0.3) is 0 Å². The van der Waals surface area contributed by atoms with Gasteiger partial charge in [0.1, 0.15) is 0 Å². The summed E-state index contributed by atoms with van der Waals surface area (Å²) in [6.07, 6.45) is 7.93. The summed E-state index contributed by atoms with van der Waals surface area (Å²) in [7, 11) is 0. The van der Waals surface area contributed by atoms with E-state index in [0.717, 1.165) is 37.5 Å². The van der Waals surface area contributed by atoms with Gasteiger partial charge in [-0.1, -0.05) is 6.92 Å². The number of carbonyl (C=O) groups is 1. The summed E-state index contributed by atoms with van der Waals surface area (Å²) in [5.41, 5.74) is 1.30. The third-order valence-electron chi connectivity index (χ3n) is 4.66. The van der Waals surface area contributed by atoms with Crippen molar-refractivity contribution in [2.24, 2.45) is 0 Å². The number of piperidine rings is 1. The first-order valence-corrected chi connectivity index (χ1v) is 9.49. The highest BCUT2D eigenvalue weighted by atomic mass is 32.1. The topological polar surface area (TPSA) is 63.1 Å². The third kappa shape index (κ3) is 3.95. The highest BCUT2D eigenvalue weighted by Gasteiger charge is 2.24. The lowest BCUT2D eigenvalue weighted by molar-refractivity contribution is 0.181. The van der Waals surface area contributed by atoms with Gasteiger partial charge in [-0.05, 0) is 31.2 Å². The molecule has 2 aromatic rings. The fraction of sp³-hybridized carbons (Fsp3) is 0.588. The summed E-state index contributed by atoms with van der Waals surface area (Å²) in [5, 5.41) is 10.4. The van der Waals surface area contributed by atoms with Crippen LogP contribution in [0.15, 0.2) is 24.0 Å². The van der Waals surface area contributed by atoms with Crippen LogP contribution in [0.2, 0.25) is 0 Å². The SMILES string of the molecule is CCn1cc(C2CCN(C(=O)NCC(C)c3nccs3)CC2)cn1. The second kappa shape index (κ2) is 7.79. The molecule has 0 saturated carbocycles. The molecule has 7 heteroatoms. The van der Waals surface area contributed by atoms with Gasteiger partial charge < -0.3 is 10.2 Å². The van der Waals surface area contributed by atoms with E-state index in [4.69, 9.17) is 0 Å². The van der Waals surface area contributed by atoms with Crippen molar-refractivity contribution in [2.75, 3.05) is 19.6 Å². The molecule has 1 aliphatic rings. The van der Waals surface area contributed by atoms with Gasteiger partial charge in [0, 0.05) is 49.9 Å². The van der Waals surface area contributed by atoms with Crippen LogP contribution >= 0.6 is 11.3 Å². The second-order valence-electron chi connectivity index (χ2n) is 6.35. The Kier molecular flexibility index (Phi) is 5.50. The summed E-state index contributed by atoms with van der Waals surface area (Å²) >= 11 is 1.64. The van der Waals surface area contributed by atoms with Gasteiger partial charge in [0.05, 0.1) is 11.2 Å². The standard InChI is InChI=1S/C17H25N5OS/c1-3-22-12-15(11-20-22)14-4-7-21(8-5-14)17(23)19-10-13(2)16-18-6-9-24-16/h6,9,11-14H,3-5,7-8,10H2,1-2H3,(H,19,23). The molecular weight excluding hydrogens is 322 g/mol. The number of amides is 2. The van der Waals surface area contributed by atoms with Crippen LogP contribution in [0.3, 0.4) is 0 Å². The molecule has 2 amide bonds. The largest absolute Gasteiger partial charge is 0.337 e. The van der Waals surface area contributed by atoms with E-state index in [0.29, 0.717) is 12.5 Å². The Bertz CT molecular complexity index is 646. The Morgan fingerprint density at radius 3 is 2.88 bits per heavy atom. The molecule has 1 aliphatic heterocycles. The van der Waals surface area contributed by atoms with E-state index in [1.54, 1.807) is 11.3 Å². The molecule has 1 fully saturated rings. The Balaban J connectivity index is 1.45. The van der Waals surface area contributed by atoms with E-state index in [1.165, 1.54) is 5.56 Å². The molecule has 0 aromatic carbocycles. The van der Waals surface area contributed by atoms with E-state index < -0.39 is 0 Å². The summed E-state index contributed by atoms with van der Waals surface area (Å²) in [6, 6.07) is 0.0427. The number of nitrogens with one attached hydrogen (secondary N) is 1. The Labute approximate surface area is 146 Å². The molecule has 0 bridgehead atoms. The van der Waals surface area contributed by atoms with Crippen molar-refractivity contribution < 1.29 is 4.79 Å². The summed E-state index contributed by atoms with van der Waals surface area (Å²) in [6.45, 7) is 7.33. The van der Waals surface area contributed by atoms with Crippen LogP contribution in [-0.2, 0) is 6.54 Å². The van der Waals surface area contributed by atoms with Gasteiger partial charge in [0.2, 0.25) is 0 Å². The van der Waals surface area contributed by atoms with Gasteiger partial charge >= 0.3 is 6.03 Å². The molecule has 1 atom stereocenters. The number of urea groups is 1. The van der Waals surface area contributed by atoms with E-state index in [1.807, 2.05) is 27.4 Å². The van der Waals surface area contributed by atoms with Crippen molar-refractivity contribution in [3.63, 3.8) is 0 Å². The first-order chi connectivity index (χ1) is 11.7. The molecule has 6 nitrogen and oxygen atoms in total. The lowest BCUT2D eigenvalue weighted by atomic mass is 9.92. The highest BCUT2D eigenvalue weighted by Crippen LogP contribution is 2.27. The monoisotopic (exact) mass is 347 g/mol. The molecule has 3 heterocycles. The number of rotatable bonds is 5. The molecule has 1 N–H and O–H groups in total. The van der Waals surface area contributed by atoms with Crippen LogP contribution in [0.5, 0.6) is 0 Å². The van der Waals surface area contributed by atoms with E-state index in [-0.39, 0.29) is 11.9 Å². The van der Waals surface area contributed by atoms with Crippen molar-refractivity contribution in [3.05, 3.63) is 34.5 Å². The van der Waals surface area contributed by atoms with Crippen LogP contribution in [0.1, 0.15) is 49.1 Å².